The Balaban J connectivity index is 3.25. The van der Waals surface area contributed by atoms with Gasteiger partial charge in [-0.2, -0.15) is 5.26 Å². The van der Waals surface area contributed by atoms with E-state index >= 15 is 0 Å². The Kier molecular flexibility index (Phi) is 9.04. The monoisotopic (exact) mass is 402 g/mol. The summed E-state index contributed by atoms with van der Waals surface area (Å²) in [6.45, 7) is 4.54. The molecule has 1 amide bonds. The summed E-state index contributed by atoms with van der Waals surface area (Å²) in [5, 5.41) is 11.5. The van der Waals surface area contributed by atoms with Gasteiger partial charge in [-0.05, 0) is 0 Å². The zero-order valence-electron chi connectivity index (χ0n) is 15.4. The third-order valence-corrected chi connectivity index (χ3v) is 4.41. The number of nitrogens with zero attached hydrogens (tertiary/aromatic N) is 1. The molecule has 1 fully saturated rings. The molecular formula is C16H22N2O8S. The lowest BCUT2D eigenvalue weighted by molar-refractivity contribution is -0.211. The predicted octanol–water partition coefficient (Wildman–Crippen LogP) is -0.101. The molecule has 0 radical (unpaired) electrons. The van der Waals surface area contributed by atoms with Crippen LogP contribution in [0.3, 0.4) is 0 Å². The molecule has 0 bridgehead atoms. The standard InChI is InChI=1S/C16H22N2O8S/c1-8(19)18-13-15(25-11(4)22)14(24-10(3)21)12(7-23-9(2)20)26-16(13)27-6-5-17/h12-16H,6-7H2,1-4H3,(H,18,19)/t12-,13-,14-,15-,16+/m1/s1. The van der Waals surface area contributed by atoms with Gasteiger partial charge in [0.15, 0.2) is 12.2 Å². The van der Waals surface area contributed by atoms with Crippen LogP contribution in [-0.4, -0.2) is 66.0 Å². The van der Waals surface area contributed by atoms with Gasteiger partial charge in [-0.25, -0.2) is 0 Å². The van der Waals surface area contributed by atoms with Gasteiger partial charge in [0.2, 0.25) is 5.91 Å². The van der Waals surface area contributed by atoms with Crippen LogP contribution in [0.2, 0.25) is 0 Å². The molecular weight excluding hydrogens is 380 g/mol. The molecule has 1 N–H and O–H groups in total. The summed E-state index contributed by atoms with van der Waals surface area (Å²) >= 11 is 1.07. The second-order valence-corrected chi connectivity index (χ2v) is 6.78. The first kappa shape index (κ1) is 22.7. The number of amides is 1. The topological polar surface area (TPSA) is 141 Å². The maximum absolute atomic E-state index is 11.6. The molecule has 0 unspecified atom stereocenters. The molecule has 5 atom stereocenters. The van der Waals surface area contributed by atoms with Crippen molar-refractivity contribution in [1.82, 2.24) is 5.32 Å². The maximum atomic E-state index is 11.6. The third kappa shape index (κ3) is 7.44. The summed E-state index contributed by atoms with van der Waals surface area (Å²) < 4.78 is 21.4. The second-order valence-electron chi connectivity index (χ2n) is 5.69. The van der Waals surface area contributed by atoms with Crippen molar-refractivity contribution in [3.63, 3.8) is 0 Å². The molecule has 1 rings (SSSR count). The number of carbonyl (C=O) groups excluding carboxylic acids is 4. The number of nitriles is 1. The van der Waals surface area contributed by atoms with Gasteiger partial charge >= 0.3 is 17.9 Å². The van der Waals surface area contributed by atoms with Crippen LogP contribution in [-0.2, 0) is 38.1 Å². The Bertz CT molecular complexity index is 620. The average Bonchev–Trinajstić information content (AvgIpc) is 2.54. The van der Waals surface area contributed by atoms with Crippen LogP contribution >= 0.6 is 11.8 Å². The summed E-state index contributed by atoms with van der Waals surface area (Å²) in [7, 11) is 0. The first-order valence-corrected chi connectivity index (χ1v) is 9.09. The summed E-state index contributed by atoms with van der Waals surface area (Å²) in [5.74, 6) is -2.30. The first-order chi connectivity index (χ1) is 12.6. The fourth-order valence-electron chi connectivity index (χ4n) is 2.55. The number of nitrogens with one attached hydrogen (secondary N) is 1. The average molecular weight is 402 g/mol. The SMILES string of the molecule is CC(=O)N[C@@H]1[C@@H](OC(C)=O)[C@H](OC(C)=O)[C@@H](COC(C)=O)O[C@H]1SCC#N. The quantitative estimate of drug-likeness (QED) is 0.453. The number of hydrogen-bond donors (Lipinski definition) is 1. The Morgan fingerprint density at radius 2 is 1.63 bits per heavy atom. The van der Waals surface area contributed by atoms with E-state index in [-0.39, 0.29) is 12.4 Å². The van der Waals surface area contributed by atoms with E-state index in [1.54, 1.807) is 0 Å². The molecule has 1 aliphatic heterocycles. The van der Waals surface area contributed by atoms with Crippen LogP contribution in [0.4, 0.5) is 0 Å². The maximum Gasteiger partial charge on any atom is 0.303 e. The molecule has 11 heteroatoms. The lowest BCUT2D eigenvalue weighted by atomic mass is 9.97. The van der Waals surface area contributed by atoms with Crippen molar-refractivity contribution in [2.24, 2.45) is 0 Å². The van der Waals surface area contributed by atoms with E-state index in [4.69, 9.17) is 24.2 Å². The smallest absolute Gasteiger partial charge is 0.303 e. The molecule has 27 heavy (non-hydrogen) atoms. The first-order valence-electron chi connectivity index (χ1n) is 8.04. The Hall–Kier alpha value is -2.32. The number of thioether (sulfide) groups is 1. The highest BCUT2D eigenvalue weighted by atomic mass is 32.2. The van der Waals surface area contributed by atoms with E-state index in [0.717, 1.165) is 18.7 Å². The predicted molar refractivity (Wildman–Crippen MR) is 92.1 cm³/mol. The molecule has 0 aromatic carbocycles. The third-order valence-electron chi connectivity index (χ3n) is 3.38. The van der Waals surface area contributed by atoms with Gasteiger partial charge in [-0.15, -0.1) is 11.8 Å². The number of ether oxygens (including phenoxy) is 4. The van der Waals surface area contributed by atoms with Gasteiger partial charge in [-0.3, -0.25) is 19.2 Å². The van der Waals surface area contributed by atoms with Crippen LogP contribution in [0.25, 0.3) is 0 Å². The summed E-state index contributed by atoms with van der Waals surface area (Å²) in [6, 6.07) is 1.06. The van der Waals surface area contributed by atoms with Crippen LogP contribution in [0.1, 0.15) is 27.7 Å². The van der Waals surface area contributed by atoms with Crippen molar-refractivity contribution < 1.29 is 38.1 Å². The van der Waals surface area contributed by atoms with Gasteiger partial charge < -0.3 is 24.3 Å². The van der Waals surface area contributed by atoms with Crippen LogP contribution in [0.15, 0.2) is 0 Å². The van der Waals surface area contributed by atoms with Gasteiger partial charge in [-0.1, -0.05) is 0 Å². The van der Waals surface area contributed by atoms with E-state index in [0.29, 0.717) is 0 Å². The molecule has 0 saturated carbocycles. The Morgan fingerprint density at radius 1 is 1.04 bits per heavy atom. The minimum atomic E-state index is -1.12. The molecule has 0 aromatic rings. The van der Waals surface area contributed by atoms with E-state index in [1.165, 1.54) is 20.8 Å². The highest BCUT2D eigenvalue weighted by Crippen LogP contribution is 2.32. The molecule has 0 aromatic heterocycles. The molecule has 1 heterocycles. The Labute approximate surface area is 160 Å². The number of hydrogen-bond acceptors (Lipinski definition) is 10. The highest BCUT2D eigenvalue weighted by molar-refractivity contribution is 8.00. The van der Waals surface area contributed by atoms with Crippen molar-refractivity contribution in [2.75, 3.05) is 12.4 Å². The molecule has 1 saturated heterocycles. The van der Waals surface area contributed by atoms with Crippen molar-refractivity contribution >= 4 is 35.6 Å². The fourth-order valence-corrected chi connectivity index (χ4v) is 3.44. The van der Waals surface area contributed by atoms with E-state index < -0.39 is 53.6 Å². The molecule has 0 spiro atoms. The second kappa shape index (κ2) is 10.7. The lowest BCUT2D eigenvalue weighted by Gasteiger charge is -2.44. The Morgan fingerprint density at radius 3 is 2.11 bits per heavy atom. The molecule has 0 aliphatic carbocycles. The van der Waals surface area contributed by atoms with Crippen molar-refractivity contribution in [3.8, 4) is 6.07 Å². The molecule has 150 valence electrons. The van der Waals surface area contributed by atoms with Crippen LogP contribution in [0.5, 0.6) is 0 Å². The van der Waals surface area contributed by atoms with Gasteiger partial charge in [0, 0.05) is 27.7 Å². The molecule has 1 aliphatic rings. The summed E-state index contributed by atoms with van der Waals surface area (Å²) in [5.41, 5.74) is -0.801. The minimum absolute atomic E-state index is 0.0338. The van der Waals surface area contributed by atoms with Crippen LogP contribution < -0.4 is 5.32 Å². The fraction of sp³-hybridized carbons (Fsp3) is 0.688. The number of esters is 3. The normalized spacial score (nSPS) is 27.0. The number of carbonyl (C=O) groups is 4. The van der Waals surface area contributed by atoms with E-state index in [1.807, 2.05) is 6.07 Å². The van der Waals surface area contributed by atoms with Gasteiger partial charge in [0.1, 0.15) is 24.2 Å². The highest BCUT2D eigenvalue weighted by Gasteiger charge is 2.50. The zero-order chi connectivity index (χ0) is 20.6. The summed E-state index contributed by atoms with van der Waals surface area (Å²) in [4.78, 5) is 45.9. The van der Waals surface area contributed by atoms with Crippen molar-refractivity contribution in [1.29, 1.82) is 5.26 Å². The summed E-state index contributed by atoms with van der Waals surface area (Å²) in [6.07, 6.45) is -3.18. The van der Waals surface area contributed by atoms with E-state index in [2.05, 4.69) is 5.32 Å². The lowest BCUT2D eigenvalue weighted by Crippen LogP contribution is -2.65. The van der Waals surface area contributed by atoms with E-state index in [9.17, 15) is 19.2 Å². The zero-order valence-corrected chi connectivity index (χ0v) is 16.2. The van der Waals surface area contributed by atoms with Crippen LogP contribution in [0, 0.1) is 11.3 Å². The minimum Gasteiger partial charge on any atom is -0.463 e. The number of rotatable bonds is 7. The van der Waals surface area contributed by atoms with Crippen molar-refractivity contribution in [2.45, 2.75) is 57.5 Å². The van der Waals surface area contributed by atoms with Crippen molar-refractivity contribution in [3.05, 3.63) is 0 Å². The van der Waals surface area contributed by atoms with Gasteiger partial charge in [0.05, 0.1) is 11.8 Å². The molecule has 10 nitrogen and oxygen atoms in total. The van der Waals surface area contributed by atoms with Gasteiger partial charge in [0.25, 0.3) is 0 Å². The largest absolute Gasteiger partial charge is 0.463 e.